The number of imidazole rings is 1. The molecule has 0 aromatic carbocycles. The minimum absolute atomic E-state index is 0.522. The first-order valence-corrected chi connectivity index (χ1v) is 7.20. The second kappa shape index (κ2) is 5.75. The van der Waals surface area contributed by atoms with E-state index < -0.39 is 0 Å². The highest BCUT2D eigenvalue weighted by Gasteiger charge is 2.15. The summed E-state index contributed by atoms with van der Waals surface area (Å²) in [5.41, 5.74) is 1.32. The van der Waals surface area contributed by atoms with Crippen molar-refractivity contribution >= 4 is 24.0 Å². The largest absolute Gasteiger partial charge is 0.337 e. The number of rotatable bonds is 5. The van der Waals surface area contributed by atoms with Crippen molar-refractivity contribution in [1.29, 1.82) is 0 Å². The van der Waals surface area contributed by atoms with Crippen molar-refractivity contribution in [3.8, 4) is 0 Å². The Morgan fingerprint density at radius 1 is 1.53 bits per heavy atom. The molecule has 1 aromatic heterocycles. The molecule has 1 rings (SSSR count). The zero-order chi connectivity index (χ0) is 11.4. The van der Waals surface area contributed by atoms with E-state index in [0.29, 0.717) is 12.0 Å². The maximum atomic E-state index is 5.35. The third kappa shape index (κ3) is 2.88. The van der Waals surface area contributed by atoms with Gasteiger partial charge in [0.2, 0.25) is 0 Å². The molecule has 1 aromatic rings. The summed E-state index contributed by atoms with van der Waals surface area (Å²) >= 11 is 7.23. The standard InChI is InChI=1S/C11H20N2S2/c1-5-9(7-15-4)13-10(8(2)3)6-12-11(13)14/h6,8-9H,5,7H2,1-4H3,(H,12,14). The Hall–Kier alpha value is -0.220. The van der Waals surface area contributed by atoms with Gasteiger partial charge in [-0.1, -0.05) is 20.8 Å². The van der Waals surface area contributed by atoms with Crippen LogP contribution in [0.25, 0.3) is 0 Å². The van der Waals surface area contributed by atoms with Gasteiger partial charge in [-0.3, -0.25) is 0 Å². The fourth-order valence-electron chi connectivity index (χ4n) is 1.78. The second-order valence-electron chi connectivity index (χ2n) is 4.06. The van der Waals surface area contributed by atoms with E-state index in [0.717, 1.165) is 16.9 Å². The van der Waals surface area contributed by atoms with Crippen molar-refractivity contribution in [3.05, 3.63) is 16.7 Å². The number of hydrogen-bond donors (Lipinski definition) is 1. The Bertz CT molecular complexity index is 352. The highest BCUT2D eigenvalue weighted by Crippen LogP contribution is 2.23. The lowest BCUT2D eigenvalue weighted by Crippen LogP contribution is -2.14. The lowest BCUT2D eigenvalue weighted by Gasteiger charge is -2.20. The number of nitrogens with zero attached hydrogens (tertiary/aromatic N) is 1. The molecule has 15 heavy (non-hydrogen) atoms. The molecule has 86 valence electrons. The van der Waals surface area contributed by atoms with Crippen molar-refractivity contribution in [1.82, 2.24) is 9.55 Å². The van der Waals surface area contributed by atoms with E-state index in [-0.39, 0.29) is 0 Å². The molecule has 0 aliphatic heterocycles. The molecule has 0 fully saturated rings. The van der Waals surface area contributed by atoms with Gasteiger partial charge in [-0.15, -0.1) is 0 Å². The average molecular weight is 244 g/mol. The predicted octanol–water partition coefficient (Wildman–Crippen LogP) is 3.98. The number of aromatic amines is 1. The number of hydrogen-bond acceptors (Lipinski definition) is 2. The molecule has 1 atom stereocenters. The van der Waals surface area contributed by atoms with E-state index in [1.54, 1.807) is 0 Å². The summed E-state index contributed by atoms with van der Waals surface area (Å²) < 4.78 is 3.15. The maximum Gasteiger partial charge on any atom is 0.177 e. The molecule has 4 heteroatoms. The quantitative estimate of drug-likeness (QED) is 0.791. The second-order valence-corrected chi connectivity index (χ2v) is 5.36. The Morgan fingerprint density at radius 3 is 2.67 bits per heavy atom. The Kier molecular flexibility index (Phi) is 4.93. The SMILES string of the molecule is CCC(CSC)n1c(C(C)C)c[nH]c1=S. The summed E-state index contributed by atoms with van der Waals surface area (Å²) in [6.45, 7) is 6.64. The zero-order valence-electron chi connectivity index (χ0n) is 9.91. The van der Waals surface area contributed by atoms with Crippen LogP contribution >= 0.6 is 24.0 Å². The fourth-order valence-corrected chi connectivity index (χ4v) is 2.86. The van der Waals surface area contributed by atoms with Crippen LogP contribution < -0.4 is 0 Å². The number of nitrogens with one attached hydrogen (secondary N) is 1. The van der Waals surface area contributed by atoms with E-state index in [1.807, 2.05) is 11.8 Å². The molecular weight excluding hydrogens is 224 g/mol. The summed E-state index contributed by atoms with van der Waals surface area (Å²) in [6, 6.07) is 0.524. The molecule has 0 aliphatic rings. The maximum absolute atomic E-state index is 5.35. The van der Waals surface area contributed by atoms with Crippen LogP contribution in [0.3, 0.4) is 0 Å². The van der Waals surface area contributed by atoms with Crippen molar-refractivity contribution in [2.24, 2.45) is 0 Å². The first-order chi connectivity index (χ1) is 7.11. The summed E-state index contributed by atoms with van der Waals surface area (Å²) in [5, 5.41) is 0. The molecule has 2 nitrogen and oxygen atoms in total. The lowest BCUT2D eigenvalue weighted by atomic mass is 10.1. The van der Waals surface area contributed by atoms with Gasteiger partial charge < -0.3 is 9.55 Å². The molecule has 0 aliphatic carbocycles. The first kappa shape index (κ1) is 12.8. The van der Waals surface area contributed by atoms with Gasteiger partial charge in [0, 0.05) is 23.7 Å². The summed E-state index contributed by atoms with van der Waals surface area (Å²) in [7, 11) is 0. The molecule has 0 saturated heterocycles. The minimum atomic E-state index is 0.522. The third-order valence-corrected chi connectivity index (χ3v) is 3.66. The topological polar surface area (TPSA) is 20.7 Å². The predicted molar refractivity (Wildman–Crippen MR) is 71.4 cm³/mol. The Balaban J connectivity index is 3.09. The number of aromatic nitrogens is 2. The van der Waals surface area contributed by atoms with Gasteiger partial charge in [0.15, 0.2) is 4.77 Å². The first-order valence-electron chi connectivity index (χ1n) is 5.40. The molecule has 1 unspecified atom stereocenters. The highest BCUT2D eigenvalue weighted by atomic mass is 32.2. The van der Waals surface area contributed by atoms with Crippen molar-refractivity contribution in [2.75, 3.05) is 12.0 Å². The highest BCUT2D eigenvalue weighted by molar-refractivity contribution is 7.98. The zero-order valence-corrected chi connectivity index (χ0v) is 11.5. The normalized spacial score (nSPS) is 13.4. The molecule has 0 radical (unpaired) electrons. The van der Waals surface area contributed by atoms with Gasteiger partial charge in [0.25, 0.3) is 0 Å². The number of H-pyrrole nitrogens is 1. The van der Waals surface area contributed by atoms with Gasteiger partial charge in [-0.05, 0) is 30.8 Å². The number of thioether (sulfide) groups is 1. The average Bonchev–Trinajstić information content (AvgIpc) is 2.57. The molecule has 1 heterocycles. The third-order valence-electron chi connectivity index (χ3n) is 2.63. The van der Waals surface area contributed by atoms with Gasteiger partial charge in [0.05, 0.1) is 0 Å². The van der Waals surface area contributed by atoms with Crippen molar-refractivity contribution in [3.63, 3.8) is 0 Å². The van der Waals surface area contributed by atoms with E-state index >= 15 is 0 Å². The lowest BCUT2D eigenvalue weighted by molar-refractivity contribution is 0.505. The molecule has 0 saturated carbocycles. The summed E-state index contributed by atoms with van der Waals surface area (Å²) in [5.74, 6) is 1.65. The van der Waals surface area contributed by atoms with Crippen LogP contribution in [0.4, 0.5) is 0 Å². The summed E-state index contributed by atoms with van der Waals surface area (Å²) in [4.78, 5) is 3.16. The van der Waals surface area contributed by atoms with Gasteiger partial charge in [-0.25, -0.2) is 0 Å². The van der Waals surface area contributed by atoms with E-state index in [4.69, 9.17) is 12.2 Å². The molecular formula is C11H20N2S2. The van der Waals surface area contributed by atoms with Crippen molar-refractivity contribution < 1.29 is 0 Å². The Morgan fingerprint density at radius 2 is 2.20 bits per heavy atom. The van der Waals surface area contributed by atoms with E-state index in [2.05, 4.69) is 42.8 Å². The van der Waals surface area contributed by atoms with Crippen LogP contribution in [0, 0.1) is 4.77 Å². The van der Waals surface area contributed by atoms with Crippen LogP contribution in [-0.2, 0) is 0 Å². The van der Waals surface area contributed by atoms with Crippen LogP contribution in [0.15, 0.2) is 6.20 Å². The van der Waals surface area contributed by atoms with Crippen LogP contribution in [0.5, 0.6) is 0 Å². The Labute approximate surface area is 101 Å². The molecule has 0 spiro atoms. The van der Waals surface area contributed by atoms with Crippen LogP contribution in [0.1, 0.15) is 44.8 Å². The summed E-state index contributed by atoms with van der Waals surface area (Å²) in [6.07, 6.45) is 5.33. The smallest absolute Gasteiger partial charge is 0.177 e. The molecule has 1 N–H and O–H groups in total. The van der Waals surface area contributed by atoms with Crippen molar-refractivity contribution in [2.45, 2.75) is 39.2 Å². The fraction of sp³-hybridized carbons (Fsp3) is 0.727. The van der Waals surface area contributed by atoms with Crippen LogP contribution in [0.2, 0.25) is 0 Å². The molecule has 0 bridgehead atoms. The van der Waals surface area contributed by atoms with Crippen LogP contribution in [-0.4, -0.2) is 21.6 Å². The van der Waals surface area contributed by atoms with Gasteiger partial charge in [-0.2, -0.15) is 11.8 Å². The minimum Gasteiger partial charge on any atom is -0.337 e. The van der Waals surface area contributed by atoms with E-state index in [9.17, 15) is 0 Å². The van der Waals surface area contributed by atoms with Gasteiger partial charge >= 0.3 is 0 Å². The monoisotopic (exact) mass is 244 g/mol. The van der Waals surface area contributed by atoms with E-state index in [1.165, 1.54) is 5.69 Å². The molecule has 0 amide bonds. The van der Waals surface area contributed by atoms with Gasteiger partial charge in [0.1, 0.15) is 0 Å².